The molecule has 150 valence electrons. The zero-order chi connectivity index (χ0) is 21.0. The summed E-state index contributed by atoms with van der Waals surface area (Å²) in [6.45, 7) is 12.0. The number of nitrogens with zero attached hydrogens (tertiary/aromatic N) is 3. The van der Waals surface area contributed by atoms with E-state index in [1.165, 1.54) is 0 Å². The number of allylic oxidation sites excluding steroid dienone is 3. The Morgan fingerprint density at radius 1 is 1.31 bits per heavy atom. The summed E-state index contributed by atoms with van der Waals surface area (Å²) in [6.07, 6.45) is 7.40. The summed E-state index contributed by atoms with van der Waals surface area (Å²) in [5, 5.41) is 3.43. The number of aliphatic imine (C=N–C) groups is 1. The summed E-state index contributed by atoms with van der Waals surface area (Å²) in [4.78, 5) is 20.7. The number of aromatic nitrogens is 2. The van der Waals surface area contributed by atoms with Gasteiger partial charge in [-0.25, -0.2) is 9.98 Å². The van der Waals surface area contributed by atoms with Crippen LogP contribution in [0.15, 0.2) is 72.3 Å². The molecule has 6 nitrogen and oxygen atoms in total. The summed E-state index contributed by atoms with van der Waals surface area (Å²) >= 11 is 0. The lowest BCUT2D eigenvalue weighted by Gasteiger charge is -2.18. The molecule has 0 fully saturated rings. The number of carbonyl (C=O) groups excluding carboxylic acids is 1. The number of hydrogen-bond acceptors (Lipinski definition) is 5. The van der Waals surface area contributed by atoms with Crippen LogP contribution in [0.3, 0.4) is 0 Å². The molecular weight excluding hydrogens is 362 g/mol. The van der Waals surface area contributed by atoms with E-state index in [1.807, 2.05) is 48.0 Å². The number of rotatable bonds is 8. The number of imidazole rings is 1. The predicted octanol–water partition coefficient (Wildman–Crippen LogP) is 4.00. The second-order valence-corrected chi connectivity index (χ2v) is 7.18. The summed E-state index contributed by atoms with van der Waals surface area (Å²) in [5.41, 5.74) is 10.7. The lowest BCUT2D eigenvalue weighted by molar-refractivity contribution is 0.0988. The number of benzene rings is 1. The van der Waals surface area contributed by atoms with E-state index in [0.717, 1.165) is 34.7 Å². The highest BCUT2D eigenvalue weighted by atomic mass is 16.1. The number of fused-ring (bicyclic) bond motifs is 1. The van der Waals surface area contributed by atoms with Crippen molar-refractivity contribution in [3.8, 4) is 0 Å². The molecule has 1 aliphatic heterocycles. The van der Waals surface area contributed by atoms with Crippen LogP contribution in [-0.2, 0) is 6.42 Å². The number of ketones is 1. The smallest absolute Gasteiger partial charge is 0.234 e. The molecule has 0 amide bonds. The number of nitrogens with two attached hydrogens (primary N) is 1. The molecule has 0 saturated heterocycles. The van der Waals surface area contributed by atoms with Crippen LogP contribution in [0.4, 0.5) is 5.95 Å². The molecule has 0 radical (unpaired) electrons. The van der Waals surface area contributed by atoms with Gasteiger partial charge >= 0.3 is 0 Å². The summed E-state index contributed by atoms with van der Waals surface area (Å²) in [7, 11) is 0. The van der Waals surface area contributed by atoms with Gasteiger partial charge in [0, 0.05) is 48.2 Å². The second-order valence-electron chi connectivity index (χ2n) is 7.18. The largest absolute Gasteiger partial charge is 0.398 e. The molecule has 1 aromatic carbocycles. The lowest BCUT2D eigenvalue weighted by atomic mass is 10.0. The van der Waals surface area contributed by atoms with Crippen LogP contribution < -0.4 is 11.1 Å². The standard InChI is InChI=1S/C23H27N5O/c1-5-22(29)19-8-6-18(7-9-19)14-15(2)26-17(4)20-10-11-21(16(3)24)28-13-12-25-23(28)27-20/h6-9,11-13,15,26H,3-5,10,14,24H2,1-2H3. The molecule has 0 bridgehead atoms. The van der Waals surface area contributed by atoms with Gasteiger partial charge in [-0.15, -0.1) is 0 Å². The van der Waals surface area contributed by atoms with Gasteiger partial charge in [0.15, 0.2) is 5.78 Å². The van der Waals surface area contributed by atoms with Crippen LogP contribution in [-0.4, -0.2) is 27.1 Å². The minimum Gasteiger partial charge on any atom is -0.398 e. The third-order valence-corrected chi connectivity index (χ3v) is 4.84. The van der Waals surface area contributed by atoms with E-state index < -0.39 is 0 Å². The van der Waals surface area contributed by atoms with Gasteiger partial charge in [-0.3, -0.25) is 9.36 Å². The second kappa shape index (κ2) is 8.73. The topological polar surface area (TPSA) is 85.3 Å². The molecule has 0 aliphatic carbocycles. The van der Waals surface area contributed by atoms with E-state index in [9.17, 15) is 4.79 Å². The first kappa shape index (κ1) is 20.3. The van der Waals surface area contributed by atoms with Crippen molar-refractivity contribution >= 4 is 23.1 Å². The van der Waals surface area contributed by atoms with Crippen LogP contribution in [0.5, 0.6) is 0 Å². The highest BCUT2D eigenvalue weighted by Gasteiger charge is 2.16. The zero-order valence-electron chi connectivity index (χ0n) is 17.0. The summed E-state index contributed by atoms with van der Waals surface area (Å²) in [6, 6.07) is 7.94. The fourth-order valence-corrected chi connectivity index (χ4v) is 3.32. The Hall–Kier alpha value is -3.41. The van der Waals surface area contributed by atoms with Crippen molar-refractivity contribution in [2.24, 2.45) is 10.7 Å². The van der Waals surface area contributed by atoms with Gasteiger partial charge in [-0.05, 0) is 18.9 Å². The van der Waals surface area contributed by atoms with E-state index in [2.05, 4.69) is 35.4 Å². The van der Waals surface area contributed by atoms with E-state index in [0.29, 0.717) is 24.5 Å². The Morgan fingerprint density at radius 2 is 2.03 bits per heavy atom. The third-order valence-electron chi connectivity index (χ3n) is 4.84. The van der Waals surface area contributed by atoms with E-state index in [-0.39, 0.29) is 11.8 Å². The molecule has 0 saturated carbocycles. The van der Waals surface area contributed by atoms with Crippen LogP contribution in [0.1, 0.15) is 42.6 Å². The molecule has 1 aromatic heterocycles. The number of carbonyl (C=O) groups is 1. The van der Waals surface area contributed by atoms with E-state index in [1.54, 1.807) is 6.20 Å². The van der Waals surface area contributed by atoms with Gasteiger partial charge in [0.25, 0.3) is 0 Å². The molecule has 1 unspecified atom stereocenters. The summed E-state index contributed by atoms with van der Waals surface area (Å²) in [5.74, 6) is 0.718. The van der Waals surface area contributed by atoms with Crippen molar-refractivity contribution in [3.05, 3.63) is 78.4 Å². The molecule has 29 heavy (non-hydrogen) atoms. The zero-order valence-corrected chi connectivity index (χ0v) is 17.0. The highest BCUT2D eigenvalue weighted by molar-refractivity contribution is 6.02. The Bertz CT molecular complexity index is 995. The first-order valence-corrected chi connectivity index (χ1v) is 9.73. The fraction of sp³-hybridized carbons (Fsp3) is 0.261. The lowest BCUT2D eigenvalue weighted by Crippen LogP contribution is -2.30. The van der Waals surface area contributed by atoms with Gasteiger partial charge in [0.05, 0.1) is 11.4 Å². The molecular formula is C23H27N5O. The first-order valence-electron chi connectivity index (χ1n) is 9.73. The van der Waals surface area contributed by atoms with Gasteiger partial charge in [0.1, 0.15) is 0 Å². The van der Waals surface area contributed by atoms with Crippen LogP contribution >= 0.6 is 0 Å². The molecule has 3 N–H and O–H groups in total. The highest BCUT2D eigenvalue weighted by Crippen LogP contribution is 2.24. The molecule has 3 rings (SSSR count). The van der Waals surface area contributed by atoms with Crippen LogP contribution in [0.2, 0.25) is 0 Å². The van der Waals surface area contributed by atoms with Gasteiger partial charge in [-0.1, -0.05) is 50.4 Å². The minimum absolute atomic E-state index is 0.147. The Labute approximate surface area is 171 Å². The average Bonchev–Trinajstić information content (AvgIpc) is 3.06. The van der Waals surface area contributed by atoms with Crippen LogP contribution in [0, 0.1) is 0 Å². The Balaban J connectivity index is 1.67. The minimum atomic E-state index is 0.147. The van der Waals surface area contributed by atoms with Gasteiger partial charge < -0.3 is 11.1 Å². The average molecular weight is 390 g/mol. The molecule has 2 heterocycles. The maximum atomic E-state index is 11.8. The van der Waals surface area contributed by atoms with Crippen molar-refractivity contribution in [2.45, 2.75) is 39.2 Å². The van der Waals surface area contributed by atoms with Crippen molar-refractivity contribution in [1.29, 1.82) is 0 Å². The summed E-state index contributed by atoms with van der Waals surface area (Å²) < 4.78 is 1.82. The van der Waals surface area contributed by atoms with Crippen molar-refractivity contribution in [3.63, 3.8) is 0 Å². The Kier molecular flexibility index (Phi) is 6.12. The SMILES string of the molecule is C=C(N)C1=CCC(C(=C)NC(C)Cc2ccc(C(=O)CC)cc2)=Nc2nccn21. The van der Waals surface area contributed by atoms with Gasteiger partial charge in [0.2, 0.25) is 5.95 Å². The van der Waals surface area contributed by atoms with Gasteiger partial charge in [-0.2, -0.15) is 0 Å². The van der Waals surface area contributed by atoms with E-state index in [4.69, 9.17) is 5.73 Å². The number of Topliss-reactive ketones (excluding diaryl/α,β-unsaturated/α-hetero) is 1. The number of hydrogen-bond donors (Lipinski definition) is 2. The van der Waals surface area contributed by atoms with Crippen LogP contribution in [0.25, 0.3) is 5.70 Å². The molecule has 0 spiro atoms. The molecule has 1 aliphatic rings. The van der Waals surface area contributed by atoms with Crippen molar-refractivity contribution < 1.29 is 4.79 Å². The molecule has 1 atom stereocenters. The predicted molar refractivity (Wildman–Crippen MR) is 118 cm³/mol. The monoisotopic (exact) mass is 389 g/mol. The quantitative estimate of drug-likeness (QED) is 0.668. The maximum absolute atomic E-state index is 11.8. The van der Waals surface area contributed by atoms with Crippen molar-refractivity contribution in [2.75, 3.05) is 0 Å². The normalized spacial score (nSPS) is 14.1. The number of nitrogens with one attached hydrogen (secondary N) is 1. The fourth-order valence-electron chi connectivity index (χ4n) is 3.32. The Morgan fingerprint density at radius 3 is 2.69 bits per heavy atom. The molecule has 2 aromatic rings. The van der Waals surface area contributed by atoms with E-state index >= 15 is 0 Å². The maximum Gasteiger partial charge on any atom is 0.234 e. The first-order chi connectivity index (χ1) is 13.9. The third kappa shape index (κ3) is 4.71. The molecule has 6 heteroatoms. The van der Waals surface area contributed by atoms with Crippen molar-refractivity contribution in [1.82, 2.24) is 14.9 Å².